The second kappa shape index (κ2) is 10.1. The van der Waals surface area contributed by atoms with Gasteiger partial charge in [-0.3, -0.25) is 0 Å². The van der Waals surface area contributed by atoms with Gasteiger partial charge in [0.2, 0.25) is 6.10 Å². The highest BCUT2D eigenvalue weighted by atomic mass is 16.6. The van der Waals surface area contributed by atoms with Gasteiger partial charge in [0.05, 0.1) is 0 Å². The maximum absolute atomic E-state index is 12.8. The lowest BCUT2D eigenvalue weighted by molar-refractivity contribution is -0.156. The molecule has 0 spiro atoms. The zero-order chi connectivity index (χ0) is 20.6. The molecule has 0 aromatic heterocycles. The Morgan fingerprint density at radius 2 is 1.76 bits per heavy atom. The fraction of sp³-hybridized carbons (Fsp3) is 0.391. The molecular weight excluding hydrogens is 368 g/mol. The molecule has 0 bridgehead atoms. The van der Waals surface area contributed by atoms with Gasteiger partial charge in [-0.15, -0.1) is 0 Å². The summed E-state index contributed by atoms with van der Waals surface area (Å²) < 4.78 is 11.1. The predicted octanol–water partition coefficient (Wildman–Crippen LogP) is 3.68. The standard InChI is InChI=1S/C23H28N2O4/c1-17-15-20(13-14-24-17)25(2)23(27)29-21(19-11-7-4-8-12-19)22(26)28-16-18-9-5-3-6-10-18/h3-12,17,20-21,24H,13-16H2,1-2H3. The Hall–Kier alpha value is -2.86. The molecular formula is C23H28N2O4. The van der Waals surface area contributed by atoms with Crippen LogP contribution < -0.4 is 5.32 Å². The van der Waals surface area contributed by atoms with Crippen molar-refractivity contribution >= 4 is 12.1 Å². The molecule has 0 aliphatic carbocycles. The van der Waals surface area contributed by atoms with Gasteiger partial charge < -0.3 is 19.7 Å². The minimum atomic E-state index is -1.10. The summed E-state index contributed by atoms with van der Waals surface area (Å²) in [6.45, 7) is 3.08. The van der Waals surface area contributed by atoms with Crippen molar-refractivity contribution in [2.75, 3.05) is 13.6 Å². The smallest absolute Gasteiger partial charge is 0.410 e. The molecule has 1 aliphatic heterocycles. The highest BCUT2D eigenvalue weighted by Crippen LogP contribution is 2.23. The van der Waals surface area contributed by atoms with Gasteiger partial charge in [0, 0.05) is 24.7 Å². The fourth-order valence-electron chi connectivity index (χ4n) is 3.47. The van der Waals surface area contributed by atoms with Crippen molar-refractivity contribution in [3.05, 3.63) is 71.8 Å². The predicted molar refractivity (Wildman–Crippen MR) is 110 cm³/mol. The van der Waals surface area contributed by atoms with E-state index in [2.05, 4.69) is 12.2 Å². The van der Waals surface area contributed by atoms with E-state index < -0.39 is 18.2 Å². The Labute approximate surface area is 171 Å². The largest absolute Gasteiger partial charge is 0.458 e. The second-order valence-electron chi connectivity index (χ2n) is 7.41. The zero-order valence-corrected chi connectivity index (χ0v) is 16.9. The number of esters is 1. The molecule has 6 heteroatoms. The molecule has 1 heterocycles. The van der Waals surface area contributed by atoms with Crippen molar-refractivity contribution < 1.29 is 19.1 Å². The second-order valence-corrected chi connectivity index (χ2v) is 7.41. The topological polar surface area (TPSA) is 67.9 Å². The van der Waals surface area contributed by atoms with Crippen LogP contribution in [0, 0.1) is 0 Å². The lowest BCUT2D eigenvalue weighted by atomic mass is 10.00. The normalized spacial score (nSPS) is 19.8. The first-order chi connectivity index (χ1) is 14.0. The number of carbonyl (C=O) groups excluding carboxylic acids is 2. The Bertz CT molecular complexity index is 797. The number of amides is 1. The lowest BCUT2D eigenvalue weighted by Gasteiger charge is -2.34. The van der Waals surface area contributed by atoms with E-state index in [-0.39, 0.29) is 12.6 Å². The molecule has 1 aliphatic rings. The van der Waals surface area contributed by atoms with Crippen molar-refractivity contribution in [2.24, 2.45) is 0 Å². The molecule has 3 unspecified atom stereocenters. The Morgan fingerprint density at radius 3 is 2.41 bits per heavy atom. The van der Waals surface area contributed by atoms with Crippen molar-refractivity contribution in [3.63, 3.8) is 0 Å². The van der Waals surface area contributed by atoms with Gasteiger partial charge in [0.1, 0.15) is 6.61 Å². The Balaban J connectivity index is 1.68. The van der Waals surface area contributed by atoms with Gasteiger partial charge in [-0.25, -0.2) is 9.59 Å². The lowest BCUT2D eigenvalue weighted by Crippen LogP contribution is -2.48. The van der Waals surface area contributed by atoms with Gasteiger partial charge in [0.25, 0.3) is 0 Å². The number of hydrogen-bond acceptors (Lipinski definition) is 5. The van der Waals surface area contributed by atoms with Crippen molar-refractivity contribution in [1.29, 1.82) is 0 Å². The van der Waals surface area contributed by atoms with E-state index in [1.807, 2.05) is 36.4 Å². The maximum atomic E-state index is 12.8. The molecule has 154 valence electrons. The number of ether oxygens (including phenoxy) is 2. The van der Waals surface area contributed by atoms with E-state index in [0.717, 1.165) is 24.9 Å². The number of carbonyl (C=O) groups is 2. The van der Waals surface area contributed by atoms with E-state index >= 15 is 0 Å². The number of piperidine rings is 1. The molecule has 2 aromatic carbocycles. The Kier molecular flexibility index (Phi) is 7.25. The first-order valence-corrected chi connectivity index (χ1v) is 9.97. The van der Waals surface area contributed by atoms with Gasteiger partial charge >= 0.3 is 12.1 Å². The van der Waals surface area contributed by atoms with Crippen LogP contribution in [0.3, 0.4) is 0 Å². The van der Waals surface area contributed by atoms with E-state index in [1.54, 1.807) is 36.2 Å². The number of hydrogen-bond donors (Lipinski definition) is 1. The number of nitrogens with one attached hydrogen (secondary N) is 1. The molecule has 29 heavy (non-hydrogen) atoms. The minimum Gasteiger partial charge on any atom is -0.458 e. The summed E-state index contributed by atoms with van der Waals surface area (Å²) in [6, 6.07) is 18.8. The first kappa shape index (κ1) is 20.9. The third-order valence-corrected chi connectivity index (χ3v) is 5.19. The van der Waals surface area contributed by atoms with Crippen LogP contribution in [-0.4, -0.2) is 42.6 Å². The van der Waals surface area contributed by atoms with E-state index in [1.165, 1.54) is 0 Å². The van der Waals surface area contributed by atoms with Gasteiger partial charge in [-0.2, -0.15) is 0 Å². The first-order valence-electron chi connectivity index (χ1n) is 9.97. The molecule has 3 rings (SSSR count). The third kappa shape index (κ3) is 5.81. The average molecular weight is 396 g/mol. The summed E-state index contributed by atoms with van der Waals surface area (Å²) in [5.41, 5.74) is 1.46. The highest BCUT2D eigenvalue weighted by Gasteiger charge is 2.31. The summed E-state index contributed by atoms with van der Waals surface area (Å²) >= 11 is 0. The van der Waals surface area contributed by atoms with Crippen LogP contribution in [0.15, 0.2) is 60.7 Å². The zero-order valence-electron chi connectivity index (χ0n) is 16.9. The van der Waals surface area contributed by atoms with Crippen LogP contribution in [0.4, 0.5) is 4.79 Å². The monoisotopic (exact) mass is 396 g/mol. The van der Waals surface area contributed by atoms with E-state index in [9.17, 15) is 9.59 Å². The molecule has 0 saturated carbocycles. The van der Waals surface area contributed by atoms with Crippen molar-refractivity contribution in [3.8, 4) is 0 Å². The van der Waals surface area contributed by atoms with Gasteiger partial charge in [-0.1, -0.05) is 60.7 Å². The quantitative estimate of drug-likeness (QED) is 0.755. The number of rotatable bonds is 6. The number of nitrogens with zero attached hydrogens (tertiary/aromatic N) is 1. The van der Waals surface area contributed by atoms with Crippen LogP contribution >= 0.6 is 0 Å². The summed E-state index contributed by atoms with van der Waals surface area (Å²) in [5.74, 6) is -0.583. The van der Waals surface area contributed by atoms with E-state index in [4.69, 9.17) is 9.47 Å². The number of benzene rings is 2. The summed E-state index contributed by atoms with van der Waals surface area (Å²) in [5, 5.41) is 3.37. The van der Waals surface area contributed by atoms with Crippen molar-refractivity contribution in [2.45, 2.75) is 44.6 Å². The fourth-order valence-corrected chi connectivity index (χ4v) is 3.47. The minimum absolute atomic E-state index is 0.0792. The maximum Gasteiger partial charge on any atom is 0.410 e. The summed E-state index contributed by atoms with van der Waals surface area (Å²) in [4.78, 5) is 27.2. The molecule has 1 N–H and O–H groups in total. The Morgan fingerprint density at radius 1 is 1.10 bits per heavy atom. The van der Waals surface area contributed by atoms with Gasteiger partial charge in [-0.05, 0) is 31.9 Å². The van der Waals surface area contributed by atoms with Crippen LogP contribution in [0.1, 0.15) is 37.0 Å². The summed E-state index contributed by atoms with van der Waals surface area (Å²) in [6.07, 6.45) is 0.0772. The van der Waals surface area contributed by atoms with Crippen LogP contribution in [0.25, 0.3) is 0 Å². The highest BCUT2D eigenvalue weighted by molar-refractivity contribution is 5.80. The van der Waals surface area contributed by atoms with Crippen LogP contribution in [0.2, 0.25) is 0 Å². The molecule has 0 radical (unpaired) electrons. The van der Waals surface area contributed by atoms with Crippen molar-refractivity contribution in [1.82, 2.24) is 10.2 Å². The molecule has 6 nitrogen and oxygen atoms in total. The average Bonchev–Trinajstić information content (AvgIpc) is 2.76. The molecule has 3 atom stereocenters. The SMILES string of the molecule is CC1CC(N(C)C(=O)OC(C(=O)OCc2ccccc2)c2ccccc2)CCN1. The molecule has 1 saturated heterocycles. The van der Waals surface area contributed by atoms with Gasteiger partial charge in [0.15, 0.2) is 0 Å². The third-order valence-electron chi connectivity index (χ3n) is 5.19. The van der Waals surface area contributed by atoms with Crippen LogP contribution in [-0.2, 0) is 20.9 Å². The van der Waals surface area contributed by atoms with E-state index in [0.29, 0.717) is 11.6 Å². The molecule has 1 fully saturated rings. The summed E-state index contributed by atoms with van der Waals surface area (Å²) in [7, 11) is 1.72. The van der Waals surface area contributed by atoms with Crippen LogP contribution in [0.5, 0.6) is 0 Å². The molecule has 2 aromatic rings. The molecule has 1 amide bonds.